The molecule has 2 aromatic carbocycles. The monoisotopic (exact) mass is 281 g/mol. The Morgan fingerprint density at radius 2 is 1.90 bits per heavy atom. The Hall–Kier alpha value is -1.80. The number of fused-ring (bicyclic) bond motifs is 1. The van der Waals surface area contributed by atoms with E-state index in [2.05, 4.69) is 50.2 Å². The van der Waals surface area contributed by atoms with Crippen LogP contribution in [0.4, 0.5) is 0 Å². The van der Waals surface area contributed by atoms with E-state index < -0.39 is 0 Å². The second-order valence-electron chi connectivity index (χ2n) is 6.02. The molecule has 0 saturated heterocycles. The topological polar surface area (TPSA) is 35.2 Å². The van der Waals surface area contributed by atoms with Crippen molar-refractivity contribution >= 4 is 0 Å². The van der Waals surface area contributed by atoms with E-state index in [0.717, 1.165) is 18.6 Å². The van der Waals surface area contributed by atoms with Gasteiger partial charge < -0.3 is 10.5 Å². The SMILES string of the molecule is Cc1cccc(C)c1COc1ccc2c(c1)CCCC2N. The Morgan fingerprint density at radius 3 is 2.67 bits per heavy atom. The summed E-state index contributed by atoms with van der Waals surface area (Å²) in [4.78, 5) is 0. The summed E-state index contributed by atoms with van der Waals surface area (Å²) in [5.74, 6) is 0.950. The van der Waals surface area contributed by atoms with Crippen molar-refractivity contribution in [2.24, 2.45) is 5.73 Å². The number of benzene rings is 2. The summed E-state index contributed by atoms with van der Waals surface area (Å²) in [7, 11) is 0. The van der Waals surface area contributed by atoms with Crippen LogP contribution in [0.5, 0.6) is 5.75 Å². The van der Waals surface area contributed by atoms with Crippen molar-refractivity contribution in [3.05, 3.63) is 64.2 Å². The minimum absolute atomic E-state index is 0.196. The van der Waals surface area contributed by atoms with Crippen LogP contribution in [0.25, 0.3) is 0 Å². The Labute approximate surface area is 126 Å². The van der Waals surface area contributed by atoms with Gasteiger partial charge in [-0.15, -0.1) is 0 Å². The predicted octanol–water partition coefficient (Wildman–Crippen LogP) is 4.22. The highest BCUT2D eigenvalue weighted by atomic mass is 16.5. The van der Waals surface area contributed by atoms with Gasteiger partial charge in [0.05, 0.1) is 0 Å². The third kappa shape index (κ3) is 2.96. The van der Waals surface area contributed by atoms with Gasteiger partial charge in [-0.05, 0) is 73.1 Å². The molecule has 1 unspecified atom stereocenters. The zero-order chi connectivity index (χ0) is 14.8. The molecule has 2 heteroatoms. The summed E-state index contributed by atoms with van der Waals surface area (Å²) < 4.78 is 6.01. The summed E-state index contributed by atoms with van der Waals surface area (Å²) >= 11 is 0. The van der Waals surface area contributed by atoms with E-state index in [0.29, 0.717) is 6.61 Å². The van der Waals surface area contributed by atoms with E-state index in [1.54, 1.807) is 0 Å². The van der Waals surface area contributed by atoms with Gasteiger partial charge in [0.1, 0.15) is 12.4 Å². The van der Waals surface area contributed by atoms with Gasteiger partial charge in [0.15, 0.2) is 0 Å². The Bertz CT molecular complexity index is 628. The van der Waals surface area contributed by atoms with Crippen LogP contribution >= 0.6 is 0 Å². The average Bonchev–Trinajstić information content (AvgIpc) is 2.47. The van der Waals surface area contributed by atoms with Crippen LogP contribution in [0.3, 0.4) is 0 Å². The Kier molecular flexibility index (Phi) is 3.98. The molecule has 110 valence electrons. The van der Waals surface area contributed by atoms with Crippen molar-refractivity contribution < 1.29 is 4.74 Å². The number of aryl methyl sites for hydroxylation is 3. The molecule has 2 aromatic rings. The largest absolute Gasteiger partial charge is 0.489 e. The van der Waals surface area contributed by atoms with Gasteiger partial charge in [0.25, 0.3) is 0 Å². The van der Waals surface area contributed by atoms with E-state index in [1.807, 2.05) is 0 Å². The molecule has 0 amide bonds. The maximum Gasteiger partial charge on any atom is 0.120 e. The molecule has 21 heavy (non-hydrogen) atoms. The van der Waals surface area contributed by atoms with Gasteiger partial charge in [-0.25, -0.2) is 0 Å². The zero-order valence-corrected chi connectivity index (χ0v) is 12.9. The van der Waals surface area contributed by atoms with Crippen molar-refractivity contribution in [1.29, 1.82) is 0 Å². The highest BCUT2D eigenvalue weighted by Crippen LogP contribution is 2.31. The predicted molar refractivity (Wildman–Crippen MR) is 86.6 cm³/mol. The number of rotatable bonds is 3. The highest BCUT2D eigenvalue weighted by molar-refractivity contribution is 5.39. The van der Waals surface area contributed by atoms with Crippen LogP contribution in [-0.4, -0.2) is 0 Å². The van der Waals surface area contributed by atoms with Gasteiger partial charge in [-0.3, -0.25) is 0 Å². The molecule has 0 saturated carbocycles. The molecule has 3 rings (SSSR count). The second kappa shape index (κ2) is 5.90. The maximum absolute atomic E-state index is 6.16. The molecule has 0 bridgehead atoms. The number of hydrogen-bond acceptors (Lipinski definition) is 2. The average molecular weight is 281 g/mol. The molecular formula is C19H23NO. The summed E-state index contributed by atoms with van der Waals surface area (Å²) in [5, 5.41) is 0. The molecule has 1 aliphatic rings. The molecule has 1 atom stereocenters. The van der Waals surface area contributed by atoms with Crippen LogP contribution in [0, 0.1) is 13.8 Å². The zero-order valence-electron chi connectivity index (χ0n) is 12.9. The van der Waals surface area contributed by atoms with Crippen LogP contribution in [0.15, 0.2) is 36.4 Å². The van der Waals surface area contributed by atoms with Crippen LogP contribution in [0.2, 0.25) is 0 Å². The number of hydrogen-bond donors (Lipinski definition) is 1. The van der Waals surface area contributed by atoms with Gasteiger partial charge in [-0.1, -0.05) is 24.3 Å². The van der Waals surface area contributed by atoms with Crippen molar-refractivity contribution in [3.8, 4) is 5.75 Å². The van der Waals surface area contributed by atoms with Crippen LogP contribution < -0.4 is 10.5 Å². The Balaban J connectivity index is 1.77. The van der Waals surface area contributed by atoms with Crippen LogP contribution in [-0.2, 0) is 13.0 Å². The minimum atomic E-state index is 0.196. The fourth-order valence-electron chi connectivity index (χ4n) is 3.15. The smallest absolute Gasteiger partial charge is 0.120 e. The summed E-state index contributed by atoms with van der Waals surface area (Å²) in [6, 6.07) is 12.9. The van der Waals surface area contributed by atoms with Crippen molar-refractivity contribution in [2.45, 2.75) is 45.8 Å². The first-order valence-corrected chi connectivity index (χ1v) is 7.71. The summed E-state index contributed by atoms with van der Waals surface area (Å²) in [5.41, 5.74) is 12.7. The fraction of sp³-hybridized carbons (Fsp3) is 0.368. The van der Waals surface area contributed by atoms with Crippen molar-refractivity contribution in [1.82, 2.24) is 0 Å². The third-order valence-electron chi connectivity index (χ3n) is 4.50. The molecule has 2 N–H and O–H groups in total. The molecule has 0 fully saturated rings. The highest BCUT2D eigenvalue weighted by Gasteiger charge is 2.17. The summed E-state index contributed by atoms with van der Waals surface area (Å²) in [6.45, 7) is 4.90. The molecule has 0 heterocycles. The van der Waals surface area contributed by atoms with Gasteiger partial charge in [0, 0.05) is 6.04 Å². The molecule has 0 aliphatic heterocycles. The van der Waals surface area contributed by atoms with Crippen LogP contribution in [0.1, 0.15) is 46.7 Å². The Morgan fingerprint density at radius 1 is 1.14 bits per heavy atom. The lowest BCUT2D eigenvalue weighted by atomic mass is 9.88. The number of nitrogens with two attached hydrogens (primary N) is 1. The second-order valence-corrected chi connectivity index (χ2v) is 6.02. The van der Waals surface area contributed by atoms with Gasteiger partial charge >= 0.3 is 0 Å². The number of ether oxygens (including phenoxy) is 1. The fourth-order valence-corrected chi connectivity index (χ4v) is 3.15. The molecule has 0 radical (unpaired) electrons. The lowest BCUT2D eigenvalue weighted by Gasteiger charge is -2.22. The van der Waals surface area contributed by atoms with E-state index in [9.17, 15) is 0 Å². The molecule has 2 nitrogen and oxygen atoms in total. The normalized spacial score (nSPS) is 17.4. The van der Waals surface area contributed by atoms with Gasteiger partial charge in [-0.2, -0.15) is 0 Å². The summed E-state index contributed by atoms with van der Waals surface area (Å²) in [6.07, 6.45) is 3.38. The lowest BCUT2D eigenvalue weighted by molar-refractivity contribution is 0.304. The first-order chi connectivity index (χ1) is 10.1. The molecule has 1 aliphatic carbocycles. The first kappa shape index (κ1) is 14.2. The van der Waals surface area contributed by atoms with E-state index in [4.69, 9.17) is 10.5 Å². The first-order valence-electron chi connectivity index (χ1n) is 7.71. The minimum Gasteiger partial charge on any atom is -0.489 e. The standard InChI is InChI=1S/C19H23NO/c1-13-5-3-6-14(2)18(13)12-21-16-9-10-17-15(11-16)7-4-8-19(17)20/h3,5-6,9-11,19H,4,7-8,12,20H2,1-2H3. The maximum atomic E-state index is 6.16. The third-order valence-corrected chi connectivity index (χ3v) is 4.50. The molecular weight excluding hydrogens is 258 g/mol. The van der Waals surface area contributed by atoms with Crippen molar-refractivity contribution in [2.75, 3.05) is 0 Å². The lowest BCUT2D eigenvalue weighted by Crippen LogP contribution is -2.17. The molecule has 0 aromatic heterocycles. The van der Waals surface area contributed by atoms with E-state index in [-0.39, 0.29) is 6.04 Å². The van der Waals surface area contributed by atoms with Gasteiger partial charge in [0.2, 0.25) is 0 Å². The van der Waals surface area contributed by atoms with E-state index >= 15 is 0 Å². The van der Waals surface area contributed by atoms with Crippen molar-refractivity contribution in [3.63, 3.8) is 0 Å². The van der Waals surface area contributed by atoms with E-state index in [1.165, 1.54) is 34.2 Å². The molecule has 0 spiro atoms. The quantitative estimate of drug-likeness (QED) is 0.914.